The molecule has 2 aromatic carbocycles. The number of rotatable bonds is 6. The van der Waals surface area contributed by atoms with Gasteiger partial charge >= 0.3 is 0 Å². The molecule has 1 aromatic heterocycles. The van der Waals surface area contributed by atoms with Crippen LogP contribution in [0.5, 0.6) is 0 Å². The lowest BCUT2D eigenvalue weighted by molar-refractivity contribution is -0.117. The van der Waals surface area contributed by atoms with E-state index in [9.17, 15) is 14.0 Å². The van der Waals surface area contributed by atoms with Crippen molar-refractivity contribution in [3.05, 3.63) is 66.1 Å². The van der Waals surface area contributed by atoms with Crippen molar-refractivity contribution in [2.75, 3.05) is 42.9 Å². The fourth-order valence-corrected chi connectivity index (χ4v) is 3.42. The van der Waals surface area contributed by atoms with E-state index in [1.165, 1.54) is 16.9 Å². The Hall–Kier alpha value is -3.79. The van der Waals surface area contributed by atoms with Gasteiger partial charge in [-0.25, -0.2) is 4.39 Å². The van der Waals surface area contributed by atoms with Gasteiger partial charge in [0.05, 0.1) is 12.2 Å². The maximum Gasteiger partial charge on any atom is 0.273 e. The zero-order valence-electron chi connectivity index (χ0n) is 16.7. The first kappa shape index (κ1) is 20.5. The van der Waals surface area contributed by atoms with Gasteiger partial charge in [-0.05, 0) is 36.4 Å². The molecule has 0 saturated carbocycles. The molecule has 3 aromatic rings. The summed E-state index contributed by atoms with van der Waals surface area (Å²) in [6.07, 6.45) is 0. The van der Waals surface area contributed by atoms with Gasteiger partial charge in [0.1, 0.15) is 5.82 Å². The number of halogens is 1. The Bertz CT molecular complexity index is 1060. The van der Waals surface area contributed by atoms with Crippen molar-refractivity contribution in [3.8, 4) is 5.69 Å². The Balaban J connectivity index is 1.36. The molecule has 1 fully saturated rings. The van der Waals surface area contributed by atoms with E-state index in [-0.39, 0.29) is 29.8 Å². The molecule has 0 bridgehead atoms. The Morgan fingerprint density at radius 3 is 2.26 bits per heavy atom. The van der Waals surface area contributed by atoms with Crippen LogP contribution in [0.1, 0.15) is 10.5 Å². The Kier molecular flexibility index (Phi) is 5.89. The van der Waals surface area contributed by atoms with Crippen molar-refractivity contribution in [3.63, 3.8) is 0 Å². The second kappa shape index (κ2) is 8.92. The number of carbonyl (C=O) groups excluding carboxylic acids is 2. The highest BCUT2D eigenvalue weighted by atomic mass is 19.1. The number of benzene rings is 2. The van der Waals surface area contributed by atoms with Crippen LogP contribution in [0.15, 0.2) is 54.6 Å². The summed E-state index contributed by atoms with van der Waals surface area (Å²) in [6, 6.07) is 15.4. The standard InChI is InChI=1S/C21H22FN7O2/c22-15-6-8-16(9-7-15)28-12-10-27(11-13-28)14-18(30)24-21-19(20(23)31)25-29(26-21)17-4-2-1-3-5-17/h1-9H,10-14H2,(H2,23,31)(H,24,26,30). The summed E-state index contributed by atoms with van der Waals surface area (Å²) < 4.78 is 13.1. The third-order valence-corrected chi connectivity index (χ3v) is 5.02. The largest absolute Gasteiger partial charge is 0.369 e. The van der Waals surface area contributed by atoms with Gasteiger partial charge in [-0.3, -0.25) is 14.5 Å². The quantitative estimate of drug-likeness (QED) is 0.618. The van der Waals surface area contributed by atoms with Crippen LogP contribution in [0, 0.1) is 5.82 Å². The minimum atomic E-state index is -0.773. The molecule has 1 aliphatic heterocycles. The molecule has 9 nitrogen and oxygen atoms in total. The van der Waals surface area contributed by atoms with Crippen LogP contribution in [-0.4, -0.2) is 64.4 Å². The number of aromatic nitrogens is 3. The smallest absolute Gasteiger partial charge is 0.273 e. The van der Waals surface area contributed by atoms with Crippen molar-refractivity contribution >= 4 is 23.3 Å². The second-order valence-corrected chi connectivity index (χ2v) is 7.17. The number of nitrogens with zero attached hydrogens (tertiary/aromatic N) is 5. The number of amides is 2. The molecule has 0 atom stereocenters. The molecular weight excluding hydrogens is 401 g/mol. The molecule has 0 aliphatic carbocycles. The summed E-state index contributed by atoms with van der Waals surface area (Å²) in [6.45, 7) is 2.92. The Labute approximate surface area is 178 Å². The van der Waals surface area contributed by atoms with Gasteiger partial charge in [-0.15, -0.1) is 15.0 Å². The molecule has 0 unspecified atom stereocenters. The number of piperazine rings is 1. The van der Waals surface area contributed by atoms with Gasteiger partial charge < -0.3 is 16.0 Å². The number of hydrogen-bond acceptors (Lipinski definition) is 6. The van der Waals surface area contributed by atoms with Gasteiger partial charge in [0.25, 0.3) is 5.91 Å². The Morgan fingerprint density at radius 2 is 1.61 bits per heavy atom. The highest BCUT2D eigenvalue weighted by molar-refractivity contribution is 6.00. The average Bonchev–Trinajstić information content (AvgIpc) is 3.19. The van der Waals surface area contributed by atoms with Crippen molar-refractivity contribution in [2.45, 2.75) is 0 Å². The molecule has 0 radical (unpaired) electrons. The van der Waals surface area contributed by atoms with Crippen LogP contribution in [0.2, 0.25) is 0 Å². The molecule has 31 heavy (non-hydrogen) atoms. The van der Waals surface area contributed by atoms with E-state index in [1.807, 2.05) is 23.1 Å². The molecule has 0 spiro atoms. The summed E-state index contributed by atoms with van der Waals surface area (Å²) >= 11 is 0. The lowest BCUT2D eigenvalue weighted by Gasteiger charge is -2.35. The minimum absolute atomic E-state index is 0.0336. The molecular formula is C21H22FN7O2. The van der Waals surface area contributed by atoms with Gasteiger partial charge in [0.15, 0.2) is 11.5 Å². The summed E-state index contributed by atoms with van der Waals surface area (Å²) in [5.74, 6) is -1.31. The lowest BCUT2D eigenvalue weighted by atomic mass is 10.2. The summed E-state index contributed by atoms with van der Waals surface area (Å²) in [7, 11) is 0. The molecule has 1 aliphatic rings. The van der Waals surface area contributed by atoms with E-state index in [2.05, 4.69) is 20.4 Å². The lowest BCUT2D eigenvalue weighted by Crippen LogP contribution is -2.48. The molecule has 2 heterocycles. The summed E-state index contributed by atoms with van der Waals surface area (Å²) in [4.78, 5) is 29.7. The molecule has 10 heteroatoms. The number of primary amides is 1. The van der Waals surface area contributed by atoms with Gasteiger partial charge in [0, 0.05) is 31.9 Å². The van der Waals surface area contributed by atoms with Crippen LogP contribution in [0.25, 0.3) is 5.69 Å². The molecule has 160 valence electrons. The zero-order valence-corrected chi connectivity index (χ0v) is 16.7. The SMILES string of the molecule is NC(=O)c1nn(-c2ccccc2)nc1NC(=O)CN1CCN(c2ccc(F)cc2)CC1. The third-order valence-electron chi connectivity index (χ3n) is 5.02. The normalized spacial score (nSPS) is 14.4. The summed E-state index contributed by atoms with van der Waals surface area (Å²) in [5.41, 5.74) is 6.90. The molecule has 3 N–H and O–H groups in total. The maximum atomic E-state index is 13.1. The molecule has 4 rings (SSSR count). The second-order valence-electron chi connectivity index (χ2n) is 7.17. The van der Waals surface area contributed by atoms with Crippen molar-refractivity contribution in [2.24, 2.45) is 5.73 Å². The highest BCUT2D eigenvalue weighted by Crippen LogP contribution is 2.17. The number of para-hydroxylation sites is 1. The van der Waals surface area contributed by atoms with Crippen LogP contribution in [0.3, 0.4) is 0 Å². The van der Waals surface area contributed by atoms with Crippen molar-refractivity contribution < 1.29 is 14.0 Å². The van der Waals surface area contributed by atoms with Gasteiger partial charge in [-0.1, -0.05) is 18.2 Å². The number of nitrogens with two attached hydrogens (primary N) is 1. The number of nitrogens with one attached hydrogen (secondary N) is 1. The predicted molar refractivity (Wildman–Crippen MR) is 114 cm³/mol. The van der Waals surface area contributed by atoms with Crippen LogP contribution in [0.4, 0.5) is 15.9 Å². The maximum absolute atomic E-state index is 13.1. The van der Waals surface area contributed by atoms with E-state index < -0.39 is 5.91 Å². The van der Waals surface area contributed by atoms with E-state index in [0.717, 1.165) is 18.8 Å². The Morgan fingerprint density at radius 1 is 0.935 bits per heavy atom. The highest BCUT2D eigenvalue weighted by Gasteiger charge is 2.22. The molecule has 1 saturated heterocycles. The first-order valence-corrected chi connectivity index (χ1v) is 9.85. The van der Waals surface area contributed by atoms with Gasteiger partial charge in [-0.2, -0.15) is 0 Å². The monoisotopic (exact) mass is 423 g/mol. The first-order valence-electron chi connectivity index (χ1n) is 9.85. The fraction of sp³-hybridized carbons (Fsp3) is 0.238. The van der Waals surface area contributed by atoms with E-state index >= 15 is 0 Å². The minimum Gasteiger partial charge on any atom is -0.369 e. The number of anilines is 2. The molecule has 2 amide bonds. The van der Waals surface area contributed by atoms with Crippen LogP contribution in [-0.2, 0) is 4.79 Å². The van der Waals surface area contributed by atoms with Crippen LogP contribution < -0.4 is 16.0 Å². The number of hydrogen-bond donors (Lipinski definition) is 2. The van der Waals surface area contributed by atoms with Crippen molar-refractivity contribution in [1.82, 2.24) is 19.9 Å². The van der Waals surface area contributed by atoms with Crippen LogP contribution >= 0.6 is 0 Å². The predicted octanol–water partition coefficient (Wildman–Crippen LogP) is 1.27. The van der Waals surface area contributed by atoms with E-state index in [1.54, 1.807) is 24.3 Å². The average molecular weight is 423 g/mol. The van der Waals surface area contributed by atoms with Crippen molar-refractivity contribution in [1.29, 1.82) is 0 Å². The fourth-order valence-electron chi connectivity index (χ4n) is 3.42. The number of carbonyl (C=O) groups is 2. The van der Waals surface area contributed by atoms with Gasteiger partial charge in [0.2, 0.25) is 5.91 Å². The zero-order chi connectivity index (χ0) is 21.8. The summed E-state index contributed by atoms with van der Waals surface area (Å²) in [5, 5.41) is 11.0. The topological polar surface area (TPSA) is 109 Å². The van der Waals surface area contributed by atoms with E-state index in [0.29, 0.717) is 18.8 Å². The first-order chi connectivity index (χ1) is 15.0. The third kappa shape index (κ3) is 4.86. The van der Waals surface area contributed by atoms with E-state index in [4.69, 9.17) is 5.73 Å².